The molecule has 0 aromatic carbocycles. The fourth-order valence-electron chi connectivity index (χ4n) is 0.971. The summed E-state index contributed by atoms with van der Waals surface area (Å²) in [5.41, 5.74) is 1.22. The largest absolute Gasteiger partial charge is 0.293 e. The molecule has 0 radical (unpaired) electrons. The van der Waals surface area contributed by atoms with Crippen LogP contribution in [0, 0.1) is 0 Å². The van der Waals surface area contributed by atoms with Crippen molar-refractivity contribution in [1.29, 1.82) is 0 Å². The maximum atomic E-state index is 10.9. The lowest BCUT2D eigenvalue weighted by atomic mass is 9.91. The van der Waals surface area contributed by atoms with E-state index < -0.39 is 0 Å². The highest BCUT2D eigenvalue weighted by Crippen LogP contribution is 2.20. The average molecular weight is 136 g/mol. The first-order valence-corrected chi connectivity index (χ1v) is 3.18. The maximum Gasteiger partial charge on any atom is 0.173 e. The molecule has 0 saturated heterocycles. The van der Waals surface area contributed by atoms with Crippen molar-refractivity contribution in [1.82, 2.24) is 0 Å². The van der Waals surface area contributed by atoms with Gasteiger partial charge < -0.3 is 0 Å². The van der Waals surface area contributed by atoms with Crippen molar-refractivity contribution in [3.8, 4) is 0 Å². The molecule has 1 saturated carbocycles. The number of allylic oxidation sites excluding steroid dienone is 2. The predicted molar refractivity (Wildman–Crippen MR) is 37.2 cm³/mol. The molecule has 0 aromatic heterocycles. The van der Waals surface area contributed by atoms with Crippen LogP contribution in [0.2, 0.25) is 0 Å². The minimum atomic E-state index is -0.105. The second-order valence-electron chi connectivity index (χ2n) is 2.43. The van der Waals surface area contributed by atoms with E-state index in [0.29, 0.717) is 18.4 Å². The maximum absolute atomic E-state index is 10.9. The van der Waals surface area contributed by atoms with E-state index in [9.17, 15) is 9.59 Å². The van der Waals surface area contributed by atoms with Gasteiger partial charge in [-0.05, 0) is 12.8 Å². The quantitative estimate of drug-likeness (QED) is 0.283. The zero-order valence-electron chi connectivity index (χ0n) is 5.64. The van der Waals surface area contributed by atoms with Crippen molar-refractivity contribution in [3.63, 3.8) is 0 Å². The summed E-state index contributed by atoms with van der Waals surface area (Å²) in [6.45, 7) is 3.67. The third-order valence-corrected chi connectivity index (χ3v) is 1.60. The molecule has 0 spiro atoms. The van der Waals surface area contributed by atoms with Gasteiger partial charge in [0.25, 0.3) is 0 Å². The van der Waals surface area contributed by atoms with Gasteiger partial charge in [-0.25, -0.2) is 4.79 Å². The molecule has 1 rings (SSSR count). The van der Waals surface area contributed by atoms with Gasteiger partial charge in [-0.3, -0.25) is 4.79 Å². The van der Waals surface area contributed by atoms with E-state index in [1.807, 2.05) is 0 Å². The normalized spacial score (nSPS) is 19.0. The molecule has 1 aliphatic carbocycles. The zero-order valence-corrected chi connectivity index (χ0v) is 5.64. The Bertz CT molecular complexity index is 232. The molecule has 1 fully saturated rings. The zero-order chi connectivity index (χ0) is 7.56. The Morgan fingerprint density at radius 2 is 2.10 bits per heavy atom. The van der Waals surface area contributed by atoms with Gasteiger partial charge in [0, 0.05) is 6.42 Å². The van der Waals surface area contributed by atoms with Crippen LogP contribution in [0.3, 0.4) is 0 Å². The van der Waals surface area contributed by atoms with E-state index in [-0.39, 0.29) is 5.78 Å². The summed E-state index contributed by atoms with van der Waals surface area (Å²) in [5.74, 6) is 1.54. The molecule has 0 aromatic rings. The highest BCUT2D eigenvalue weighted by Gasteiger charge is 2.17. The standard InChI is InChI=1S/C8H8O2/c1-6-2-3-7(5-9)8(10)4-6/h1-4H2. The van der Waals surface area contributed by atoms with Gasteiger partial charge in [-0.1, -0.05) is 12.2 Å². The molecular formula is C8H8O2. The molecule has 2 nitrogen and oxygen atoms in total. The molecule has 10 heavy (non-hydrogen) atoms. The smallest absolute Gasteiger partial charge is 0.173 e. The van der Waals surface area contributed by atoms with E-state index in [0.717, 1.165) is 12.0 Å². The van der Waals surface area contributed by atoms with Crippen LogP contribution in [-0.2, 0) is 9.59 Å². The number of hydrogen-bond acceptors (Lipinski definition) is 2. The Kier molecular flexibility index (Phi) is 1.83. The van der Waals surface area contributed by atoms with Crippen LogP contribution in [0.1, 0.15) is 19.3 Å². The van der Waals surface area contributed by atoms with Crippen molar-refractivity contribution >= 4 is 11.7 Å². The summed E-state index contributed by atoms with van der Waals surface area (Å²) < 4.78 is 0. The number of rotatable bonds is 0. The topological polar surface area (TPSA) is 34.1 Å². The summed E-state index contributed by atoms with van der Waals surface area (Å²) in [6, 6.07) is 0. The fourth-order valence-corrected chi connectivity index (χ4v) is 0.971. The van der Waals surface area contributed by atoms with Crippen molar-refractivity contribution < 1.29 is 9.59 Å². The second kappa shape index (κ2) is 2.63. The lowest BCUT2D eigenvalue weighted by Gasteiger charge is -2.10. The number of carbonyl (C=O) groups excluding carboxylic acids is 2. The summed E-state index contributed by atoms with van der Waals surface area (Å²) >= 11 is 0. The molecule has 0 N–H and O–H groups in total. The minimum absolute atomic E-state index is 0.105. The van der Waals surface area contributed by atoms with Crippen molar-refractivity contribution in [2.75, 3.05) is 0 Å². The van der Waals surface area contributed by atoms with Gasteiger partial charge in [0.15, 0.2) is 5.78 Å². The third-order valence-electron chi connectivity index (χ3n) is 1.60. The number of carbonyl (C=O) groups is 1. The van der Waals surface area contributed by atoms with E-state index in [2.05, 4.69) is 6.58 Å². The molecule has 0 unspecified atom stereocenters. The number of Topliss-reactive ketones (excluding diaryl/α,β-unsaturated/α-hetero) is 1. The average Bonchev–Trinajstić information content (AvgIpc) is 1.88. The first-order valence-electron chi connectivity index (χ1n) is 3.18. The van der Waals surface area contributed by atoms with Crippen LogP contribution in [0.4, 0.5) is 0 Å². The monoisotopic (exact) mass is 136 g/mol. The van der Waals surface area contributed by atoms with Crippen LogP contribution in [0.25, 0.3) is 0 Å². The summed E-state index contributed by atoms with van der Waals surface area (Å²) in [7, 11) is 0. The van der Waals surface area contributed by atoms with Crippen LogP contribution in [0.15, 0.2) is 17.7 Å². The Morgan fingerprint density at radius 1 is 1.40 bits per heavy atom. The number of ketones is 1. The summed E-state index contributed by atoms with van der Waals surface area (Å²) in [6.07, 6.45) is 1.63. The van der Waals surface area contributed by atoms with Crippen molar-refractivity contribution in [2.45, 2.75) is 19.3 Å². The molecule has 1 aliphatic rings. The molecule has 52 valence electrons. The third kappa shape index (κ3) is 1.23. The minimum Gasteiger partial charge on any atom is -0.293 e. The van der Waals surface area contributed by atoms with Gasteiger partial charge >= 0.3 is 0 Å². The van der Waals surface area contributed by atoms with Crippen LogP contribution in [0.5, 0.6) is 0 Å². The van der Waals surface area contributed by atoms with Gasteiger partial charge in [-0.15, -0.1) is 0 Å². The molecular weight excluding hydrogens is 128 g/mol. The summed E-state index contributed by atoms with van der Waals surface area (Å²) in [4.78, 5) is 20.9. The first kappa shape index (κ1) is 6.97. The van der Waals surface area contributed by atoms with Gasteiger partial charge in [-0.2, -0.15) is 0 Å². The molecule has 0 atom stereocenters. The first-order chi connectivity index (χ1) is 4.74. The highest BCUT2D eigenvalue weighted by atomic mass is 16.1. The fraction of sp³-hybridized carbons (Fsp3) is 0.375. The van der Waals surface area contributed by atoms with Crippen molar-refractivity contribution in [2.24, 2.45) is 0 Å². The lowest BCUT2D eigenvalue weighted by molar-refractivity contribution is -0.115. The lowest BCUT2D eigenvalue weighted by Crippen LogP contribution is -2.10. The Balaban J connectivity index is 2.79. The highest BCUT2D eigenvalue weighted by molar-refractivity contribution is 6.04. The second-order valence-corrected chi connectivity index (χ2v) is 2.43. The Morgan fingerprint density at radius 3 is 2.60 bits per heavy atom. The van der Waals surface area contributed by atoms with Crippen LogP contribution in [-0.4, -0.2) is 11.7 Å². The molecule has 0 heterocycles. The molecule has 0 aliphatic heterocycles. The molecule has 2 heteroatoms. The molecule has 0 bridgehead atoms. The Labute approximate surface area is 59.2 Å². The number of hydrogen-bond donors (Lipinski definition) is 0. The summed E-state index contributed by atoms with van der Waals surface area (Å²) in [5, 5.41) is 0. The van der Waals surface area contributed by atoms with E-state index in [4.69, 9.17) is 0 Å². The van der Waals surface area contributed by atoms with Gasteiger partial charge in [0.1, 0.15) is 5.94 Å². The van der Waals surface area contributed by atoms with Crippen LogP contribution >= 0.6 is 0 Å². The van der Waals surface area contributed by atoms with E-state index in [1.54, 1.807) is 5.94 Å². The Hall–Kier alpha value is -1.14. The predicted octanol–water partition coefficient (Wildman–Crippen LogP) is 1.05. The molecule has 0 amide bonds. The van der Waals surface area contributed by atoms with Crippen LogP contribution < -0.4 is 0 Å². The van der Waals surface area contributed by atoms with Gasteiger partial charge in [0.2, 0.25) is 0 Å². The van der Waals surface area contributed by atoms with Gasteiger partial charge in [0.05, 0.1) is 5.57 Å². The van der Waals surface area contributed by atoms with E-state index >= 15 is 0 Å². The SMILES string of the molecule is C=C1CCC(=C=O)C(=O)C1. The van der Waals surface area contributed by atoms with E-state index in [1.165, 1.54) is 0 Å². The van der Waals surface area contributed by atoms with Crippen molar-refractivity contribution in [3.05, 3.63) is 17.7 Å².